The third kappa shape index (κ3) is 7.11. The number of carbonyl (C=O) groups excluding carboxylic acids is 2. The lowest BCUT2D eigenvalue weighted by molar-refractivity contribution is -0.136. The van der Waals surface area contributed by atoms with Gasteiger partial charge in [-0.05, 0) is 42.0 Å². The van der Waals surface area contributed by atoms with Gasteiger partial charge >= 0.3 is 0 Å². The molecule has 1 aliphatic carbocycles. The quantitative estimate of drug-likeness (QED) is 0.442. The third-order valence-corrected chi connectivity index (χ3v) is 7.00. The number of amides is 2. The average molecular weight is 526 g/mol. The van der Waals surface area contributed by atoms with Gasteiger partial charge in [-0.25, -0.2) is 4.39 Å². The number of aromatic nitrogens is 2. The van der Waals surface area contributed by atoms with Gasteiger partial charge in [-0.3, -0.25) is 14.3 Å². The number of piperazine rings is 1. The number of hydrogen-bond acceptors (Lipinski definition) is 5. The number of hydrogen-bond donors (Lipinski definition) is 3. The van der Waals surface area contributed by atoms with Crippen LogP contribution in [0.4, 0.5) is 4.39 Å². The van der Waals surface area contributed by atoms with Gasteiger partial charge in [0.15, 0.2) is 5.69 Å². The first-order valence-electron chi connectivity index (χ1n) is 12.8. The SMILES string of the molecule is CC(C)(C)C(NC(=O)c1nn(Cc2ccc(F)cc2)c2ccccc12)C(=O)N1CCNCC1.SC1CC1. The molecule has 1 aliphatic heterocycles. The van der Waals surface area contributed by atoms with Crippen molar-refractivity contribution in [3.63, 3.8) is 0 Å². The first kappa shape index (κ1) is 27.1. The lowest BCUT2D eigenvalue weighted by Crippen LogP contribution is -2.58. The topological polar surface area (TPSA) is 79.3 Å². The Morgan fingerprint density at radius 1 is 1.11 bits per heavy atom. The van der Waals surface area contributed by atoms with Gasteiger partial charge in [0, 0.05) is 36.8 Å². The van der Waals surface area contributed by atoms with Crippen LogP contribution in [-0.4, -0.2) is 64.0 Å². The third-order valence-electron chi connectivity index (χ3n) is 6.48. The molecule has 1 saturated heterocycles. The zero-order chi connectivity index (χ0) is 26.6. The van der Waals surface area contributed by atoms with Crippen LogP contribution in [0.3, 0.4) is 0 Å². The first-order valence-corrected chi connectivity index (χ1v) is 13.3. The predicted octanol–water partition coefficient (Wildman–Crippen LogP) is 3.88. The van der Waals surface area contributed by atoms with E-state index in [0.29, 0.717) is 25.0 Å². The van der Waals surface area contributed by atoms with Gasteiger partial charge in [0.1, 0.15) is 11.9 Å². The lowest BCUT2D eigenvalue weighted by Gasteiger charge is -2.36. The summed E-state index contributed by atoms with van der Waals surface area (Å²) < 4.78 is 15.0. The Balaban J connectivity index is 0.000000730. The van der Waals surface area contributed by atoms with E-state index in [1.807, 2.05) is 45.0 Å². The Morgan fingerprint density at radius 3 is 2.32 bits per heavy atom. The summed E-state index contributed by atoms with van der Waals surface area (Å²) in [6.07, 6.45) is 2.70. The number of thiol groups is 1. The molecule has 2 N–H and O–H groups in total. The summed E-state index contributed by atoms with van der Waals surface area (Å²) in [5.74, 6) is -0.758. The maximum Gasteiger partial charge on any atom is 0.273 e. The minimum absolute atomic E-state index is 0.0765. The van der Waals surface area contributed by atoms with Crippen LogP contribution in [0.5, 0.6) is 0 Å². The van der Waals surface area contributed by atoms with Gasteiger partial charge in [-0.2, -0.15) is 17.7 Å². The van der Waals surface area contributed by atoms with Crippen molar-refractivity contribution in [1.82, 2.24) is 25.3 Å². The van der Waals surface area contributed by atoms with Crippen LogP contribution in [0.1, 0.15) is 49.7 Å². The van der Waals surface area contributed by atoms with E-state index in [4.69, 9.17) is 0 Å². The normalized spacial score (nSPS) is 16.6. The minimum atomic E-state index is -0.677. The zero-order valence-electron chi connectivity index (χ0n) is 21.7. The fourth-order valence-corrected chi connectivity index (χ4v) is 4.32. The average Bonchev–Trinajstić information content (AvgIpc) is 3.59. The number of fused-ring (bicyclic) bond motifs is 1. The molecule has 198 valence electrons. The highest BCUT2D eigenvalue weighted by molar-refractivity contribution is 7.81. The van der Waals surface area contributed by atoms with Crippen LogP contribution < -0.4 is 10.6 Å². The molecule has 2 aliphatic rings. The van der Waals surface area contributed by atoms with Crippen molar-refractivity contribution in [1.29, 1.82) is 0 Å². The Bertz CT molecular complexity index is 1230. The van der Waals surface area contributed by atoms with Crippen molar-refractivity contribution in [2.45, 2.75) is 51.4 Å². The molecular formula is C28H36FN5O2S. The van der Waals surface area contributed by atoms with E-state index in [1.165, 1.54) is 25.0 Å². The van der Waals surface area contributed by atoms with Gasteiger partial charge in [0.2, 0.25) is 5.91 Å². The predicted molar refractivity (Wildman–Crippen MR) is 147 cm³/mol. The van der Waals surface area contributed by atoms with E-state index in [-0.39, 0.29) is 23.3 Å². The molecule has 9 heteroatoms. The molecular weight excluding hydrogens is 489 g/mol. The zero-order valence-corrected chi connectivity index (χ0v) is 22.6. The van der Waals surface area contributed by atoms with Crippen molar-refractivity contribution >= 4 is 35.3 Å². The Labute approximate surface area is 223 Å². The smallest absolute Gasteiger partial charge is 0.273 e. The van der Waals surface area contributed by atoms with Crippen LogP contribution >= 0.6 is 12.6 Å². The van der Waals surface area contributed by atoms with Crippen molar-refractivity contribution in [2.24, 2.45) is 5.41 Å². The maximum atomic E-state index is 13.4. The van der Waals surface area contributed by atoms with Crippen molar-refractivity contribution in [2.75, 3.05) is 26.2 Å². The van der Waals surface area contributed by atoms with Gasteiger partial charge in [-0.1, -0.05) is 51.1 Å². The molecule has 1 unspecified atom stereocenters. The summed E-state index contributed by atoms with van der Waals surface area (Å²) in [5.41, 5.74) is 1.48. The monoisotopic (exact) mass is 525 g/mol. The molecule has 7 nitrogen and oxygen atoms in total. The number of para-hydroxylation sites is 1. The molecule has 0 radical (unpaired) electrons. The van der Waals surface area contributed by atoms with E-state index in [2.05, 4.69) is 28.4 Å². The van der Waals surface area contributed by atoms with Gasteiger partial charge in [0.05, 0.1) is 12.1 Å². The molecule has 3 aromatic rings. The highest BCUT2D eigenvalue weighted by Crippen LogP contribution is 2.25. The molecule has 5 rings (SSSR count). The van der Waals surface area contributed by atoms with Crippen molar-refractivity contribution in [3.05, 3.63) is 65.6 Å². The lowest BCUT2D eigenvalue weighted by atomic mass is 9.85. The van der Waals surface area contributed by atoms with E-state index >= 15 is 0 Å². The molecule has 37 heavy (non-hydrogen) atoms. The summed E-state index contributed by atoms with van der Waals surface area (Å²) >= 11 is 4.08. The van der Waals surface area contributed by atoms with Crippen molar-refractivity contribution < 1.29 is 14.0 Å². The molecule has 1 atom stereocenters. The van der Waals surface area contributed by atoms with Crippen LogP contribution in [0.2, 0.25) is 0 Å². The molecule has 2 amide bonds. The standard InChI is InChI=1S/C25H30FN5O2.C3H6S/c1-25(2,3)22(24(33)30-14-12-27-13-15-30)28-23(32)21-19-6-4-5-7-20(19)31(29-21)16-17-8-10-18(26)11-9-17;4-3-1-2-3/h4-11,22,27H,12-16H2,1-3H3,(H,28,32);3-4H,1-2H2. The molecule has 0 bridgehead atoms. The van der Waals surface area contributed by atoms with Crippen LogP contribution in [-0.2, 0) is 11.3 Å². The largest absolute Gasteiger partial charge is 0.338 e. The minimum Gasteiger partial charge on any atom is -0.338 e. The number of halogens is 1. The van der Waals surface area contributed by atoms with Gasteiger partial charge in [-0.15, -0.1) is 0 Å². The summed E-state index contributed by atoms with van der Waals surface area (Å²) in [6.45, 7) is 8.98. The number of carbonyl (C=O) groups is 2. The molecule has 2 heterocycles. The molecule has 1 aromatic heterocycles. The number of benzene rings is 2. The summed E-state index contributed by atoms with van der Waals surface area (Å²) in [5, 5.41) is 12.3. The molecule has 1 saturated carbocycles. The van der Waals surface area contributed by atoms with Crippen LogP contribution in [0, 0.1) is 11.2 Å². The second-order valence-electron chi connectivity index (χ2n) is 10.7. The Morgan fingerprint density at radius 2 is 1.73 bits per heavy atom. The second-order valence-corrected chi connectivity index (χ2v) is 11.5. The first-order chi connectivity index (χ1) is 17.6. The summed E-state index contributed by atoms with van der Waals surface area (Å²) in [4.78, 5) is 28.5. The number of nitrogens with one attached hydrogen (secondary N) is 2. The van der Waals surface area contributed by atoms with E-state index in [0.717, 1.165) is 29.4 Å². The van der Waals surface area contributed by atoms with Gasteiger partial charge < -0.3 is 15.5 Å². The Kier molecular flexibility index (Phi) is 8.54. The molecule has 0 spiro atoms. The second kappa shape index (κ2) is 11.6. The van der Waals surface area contributed by atoms with Crippen LogP contribution in [0.25, 0.3) is 10.9 Å². The highest BCUT2D eigenvalue weighted by Gasteiger charge is 2.37. The number of nitrogens with zero attached hydrogens (tertiary/aromatic N) is 3. The molecule has 2 fully saturated rings. The van der Waals surface area contributed by atoms with Gasteiger partial charge in [0.25, 0.3) is 5.91 Å². The fourth-order valence-electron chi connectivity index (χ4n) is 4.17. The van der Waals surface area contributed by atoms with E-state index < -0.39 is 11.5 Å². The van der Waals surface area contributed by atoms with Crippen molar-refractivity contribution in [3.8, 4) is 0 Å². The van der Waals surface area contributed by atoms with E-state index in [9.17, 15) is 14.0 Å². The summed E-state index contributed by atoms with van der Waals surface area (Å²) in [6, 6.07) is 13.0. The molecule has 2 aromatic carbocycles. The van der Waals surface area contributed by atoms with E-state index in [1.54, 1.807) is 21.7 Å². The number of rotatable bonds is 5. The fraction of sp³-hybridized carbons (Fsp3) is 0.464. The highest BCUT2D eigenvalue weighted by atomic mass is 32.1. The summed E-state index contributed by atoms with van der Waals surface area (Å²) in [7, 11) is 0. The Hall–Kier alpha value is -2.91. The maximum absolute atomic E-state index is 13.4. The van der Waals surface area contributed by atoms with Crippen LogP contribution in [0.15, 0.2) is 48.5 Å².